The van der Waals surface area contributed by atoms with Gasteiger partial charge in [0.05, 0.1) is 0 Å². The summed E-state index contributed by atoms with van der Waals surface area (Å²) < 4.78 is 1.58. The topological polar surface area (TPSA) is 76.7 Å². The van der Waals surface area contributed by atoms with Gasteiger partial charge in [0, 0.05) is 22.5 Å². The second-order valence-electron chi connectivity index (χ2n) is 4.78. The van der Waals surface area contributed by atoms with Crippen molar-refractivity contribution in [3.05, 3.63) is 39.3 Å². The van der Waals surface area contributed by atoms with E-state index in [9.17, 15) is 4.79 Å². The molecule has 0 aliphatic carbocycles. The number of halogens is 1. The van der Waals surface area contributed by atoms with Crippen LogP contribution in [0.4, 0.5) is 0 Å². The summed E-state index contributed by atoms with van der Waals surface area (Å²) in [6.07, 6.45) is 1.69. The van der Waals surface area contributed by atoms with Gasteiger partial charge in [0.1, 0.15) is 0 Å². The van der Waals surface area contributed by atoms with Gasteiger partial charge < -0.3 is 5.73 Å². The van der Waals surface area contributed by atoms with Gasteiger partial charge in [-0.1, -0.05) is 24.6 Å². The Hall–Kier alpha value is -1.24. The molecule has 0 aliphatic heterocycles. The van der Waals surface area contributed by atoms with Gasteiger partial charge in [-0.3, -0.25) is 4.57 Å². The Balaban J connectivity index is 2.18. The third-order valence-electron chi connectivity index (χ3n) is 3.28. The Morgan fingerprint density at radius 1 is 1.48 bits per heavy atom. The lowest BCUT2D eigenvalue weighted by Gasteiger charge is -2.11. The summed E-state index contributed by atoms with van der Waals surface area (Å²) in [5.74, 6) is 0. The van der Waals surface area contributed by atoms with Crippen molar-refractivity contribution in [1.82, 2.24) is 14.8 Å². The molecule has 0 radical (unpaired) electrons. The number of hydrogen-bond acceptors (Lipinski definition) is 4. The zero-order valence-corrected chi connectivity index (χ0v) is 13.7. The summed E-state index contributed by atoms with van der Waals surface area (Å²) in [4.78, 5) is 12.5. The van der Waals surface area contributed by atoms with E-state index in [1.165, 1.54) is 11.8 Å². The van der Waals surface area contributed by atoms with Gasteiger partial charge >= 0.3 is 5.69 Å². The zero-order chi connectivity index (χ0) is 15.4. The van der Waals surface area contributed by atoms with Gasteiger partial charge in [-0.05, 0) is 49.2 Å². The maximum absolute atomic E-state index is 11.5. The summed E-state index contributed by atoms with van der Waals surface area (Å²) in [6, 6.07) is 5.98. The largest absolute Gasteiger partial charge is 0.343 e. The van der Waals surface area contributed by atoms with Crippen molar-refractivity contribution < 1.29 is 0 Å². The molecule has 2 rings (SSSR count). The Bertz CT molecular complexity index is 667. The summed E-state index contributed by atoms with van der Waals surface area (Å²) in [6.45, 7) is 4.54. The minimum absolute atomic E-state index is 0.123. The molecule has 1 atom stereocenters. The lowest BCUT2D eigenvalue weighted by Crippen LogP contribution is -2.21. The quantitative estimate of drug-likeness (QED) is 0.855. The molecular weight excluding hydrogens is 308 g/mol. The average Bonchev–Trinajstić information content (AvgIpc) is 2.81. The zero-order valence-electron chi connectivity index (χ0n) is 12.1. The first-order valence-electron chi connectivity index (χ1n) is 6.92. The molecule has 0 bridgehead atoms. The Morgan fingerprint density at radius 3 is 2.86 bits per heavy atom. The molecule has 1 aromatic carbocycles. The smallest absolute Gasteiger partial charge is 0.327 e. The van der Waals surface area contributed by atoms with Crippen molar-refractivity contribution >= 4 is 23.4 Å². The number of H-pyrrole nitrogens is 1. The van der Waals surface area contributed by atoms with Gasteiger partial charge in [0.15, 0.2) is 5.16 Å². The molecule has 0 saturated heterocycles. The normalized spacial score (nSPS) is 12.6. The summed E-state index contributed by atoms with van der Waals surface area (Å²) in [7, 11) is 0. The van der Waals surface area contributed by atoms with Crippen LogP contribution in [0.3, 0.4) is 0 Å². The number of aromatic amines is 1. The van der Waals surface area contributed by atoms with Gasteiger partial charge in [0.25, 0.3) is 0 Å². The molecule has 0 fully saturated rings. The third kappa shape index (κ3) is 3.90. The van der Waals surface area contributed by atoms with E-state index in [1.807, 2.05) is 25.1 Å². The number of nitrogens with one attached hydrogen (secondary N) is 1. The number of hydrogen-bond donors (Lipinski definition) is 2. The standard InChI is InChI=1S/C14H19ClN4OS/c1-3-10(16)7-9-5-6-11(8-12(9)15)21-14-18-17-13(20)19(14)4-2/h5-6,8,10H,3-4,7,16H2,1-2H3,(H,17,20). The maximum atomic E-state index is 11.5. The Kier molecular flexibility index (Phi) is 5.50. The highest BCUT2D eigenvalue weighted by Gasteiger charge is 2.11. The molecule has 1 unspecified atom stereocenters. The second kappa shape index (κ2) is 7.15. The van der Waals surface area contributed by atoms with Crippen molar-refractivity contribution in [1.29, 1.82) is 0 Å². The van der Waals surface area contributed by atoms with Crippen LogP contribution in [0, 0.1) is 0 Å². The fraction of sp³-hybridized carbons (Fsp3) is 0.429. The number of benzene rings is 1. The SMILES string of the molecule is CCC(N)Cc1ccc(Sc2n[nH]c(=O)n2CC)cc1Cl. The van der Waals surface area contributed by atoms with Crippen LogP contribution in [-0.2, 0) is 13.0 Å². The van der Waals surface area contributed by atoms with Crippen LogP contribution in [0.1, 0.15) is 25.8 Å². The van der Waals surface area contributed by atoms with Crippen LogP contribution in [0.5, 0.6) is 0 Å². The second-order valence-corrected chi connectivity index (χ2v) is 6.23. The first-order valence-corrected chi connectivity index (χ1v) is 8.11. The van der Waals surface area contributed by atoms with E-state index < -0.39 is 0 Å². The lowest BCUT2D eigenvalue weighted by molar-refractivity contribution is 0.646. The van der Waals surface area contributed by atoms with E-state index in [1.54, 1.807) is 4.57 Å². The number of aromatic nitrogens is 3. The van der Waals surface area contributed by atoms with E-state index in [0.717, 1.165) is 23.3 Å². The molecule has 3 N–H and O–H groups in total. The number of rotatable bonds is 6. The number of nitrogens with two attached hydrogens (primary N) is 1. The highest BCUT2D eigenvalue weighted by atomic mass is 35.5. The van der Waals surface area contributed by atoms with Crippen LogP contribution >= 0.6 is 23.4 Å². The van der Waals surface area contributed by atoms with E-state index in [-0.39, 0.29) is 11.7 Å². The molecule has 21 heavy (non-hydrogen) atoms. The van der Waals surface area contributed by atoms with Crippen LogP contribution < -0.4 is 11.4 Å². The number of nitrogens with zero attached hydrogens (tertiary/aromatic N) is 2. The predicted octanol–water partition coefficient (Wildman–Crippen LogP) is 2.68. The van der Waals surface area contributed by atoms with Gasteiger partial charge in [-0.25, -0.2) is 9.89 Å². The van der Waals surface area contributed by atoms with Crippen molar-refractivity contribution in [2.45, 2.75) is 49.3 Å². The monoisotopic (exact) mass is 326 g/mol. The molecule has 2 aromatic rings. The minimum atomic E-state index is -0.198. The van der Waals surface area contributed by atoms with Crippen molar-refractivity contribution in [2.75, 3.05) is 0 Å². The Labute approximate surface area is 132 Å². The first kappa shape index (κ1) is 16.1. The van der Waals surface area contributed by atoms with Crippen molar-refractivity contribution in [3.8, 4) is 0 Å². The molecular formula is C14H19ClN4OS. The summed E-state index contributed by atoms with van der Waals surface area (Å²) >= 11 is 7.72. The minimum Gasteiger partial charge on any atom is -0.327 e. The van der Waals surface area contributed by atoms with Crippen LogP contribution in [0.25, 0.3) is 0 Å². The van der Waals surface area contributed by atoms with Crippen LogP contribution in [-0.4, -0.2) is 20.8 Å². The molecule has 0 saturated carbocycles. The molecule has 0 aliphatic rings. The molecule has 0 spiro atoms. The van der Waals surface area contributed by atoms with Crippen LogP contribution in [0.15, 0.2) is 33.0 Å². The van der Waals surface area contributed by atoms with E-state index in [4.69, 9.17) is 17.3 Å². The van der Waals surface area contributed by atoms with E-state index in [2.05, 4.69) is 17.1 Å². The highest BCUT2D eigenvalue weighted by molar-refractivity contribution is 7.99. The molecule has 0 amide bonds. The van der Waals surface area contributed by atoms with Crippen LogP contribution in [0.2, 0.25) is 5.02 Å². The van der Waals surface area contributed by atoms with Gasteiger partial charge in [-0.2, -0.15) is 0 Å². The molecule has 1 heterocycles. The molecule has 5 nitrogen and oxygen atoms in total. The fourth-order valence-corrected chi connectivity index (χ4v) is 3.21. The molecule has 7 heteroatoms. The first-order chi connectivity index (χ1) is 10.0. The summed E-state index contributed by atoms with van der Waals surface area (Å²) in [5.41, 5.74) is 6.81. The fourth-order valence-electron chi connectivity index (χ4n) is 1.95. The average molecular weight is 327 g/mol. The van der Waals surface area contributed by atoms with Crippen molar-refractivity contribution in [2.24, 2.45) is 5.73 Å². The van der Waals surface area contributed by atoms with Gasteiger partial charge in [-0.15, -0.1) is 5.10 Å². The van der Waals surface area contributed by atoms with E-state index >= 15 is 0 Å². The lowest BCUT2D eigenvalue weighted by atomic mass is 10.1. The molecule has 1 aromatic heterocycles. The molecule has 114 valence electrons. The highest BCUT2D eigenvalue weighted by Crippen LogP contribution is 2.29. The van der Waals surface area contributed by atoms with Gasteiger partial charge in [0.2, 0.25) is 0 Å². The Morgan fingerprint density at radius 2 is 2.24 bits per heavy atom. The van der Waals surface area contributed by atoms with Crippen molar-refractivity contribution in [3.63, 3.8) is 0 Å². The third-order valence-corrected chi connectivity index (χ3v) is 4.62. The predicted molar refractivity (Wildman–Crippen MR) is 86.1 cm³/mol. The summed E-state index contributed by atoms with van der Waals surface area (Å²) in [5, 5.41) is 7.81. The van der Waals surface area contributed by atoms with E-state index in [0.29, 0.717) is 16.7 Å². The maximum Gasteiger partial charge on any atom is 0.343 e.